The first-order chi connectivity index (χ1) is 17.9. The number of phenols is 1. The molecular formula is C31H40ClNO3S. The third kappa shape index (κ3) is 4.58. The summed E-state index contributed by atoms with van der Waals surface area (Å²) in [5, 5.41) is 21.9. The number of aliphatic hydroxyl groups excluding tert-OH is 1. The summed E-state index contributed by atoms with van der Waals surface area (Å²) in [5.74, 6) is 2.44. The number of fused-ring (bicyclic) bond motifs is 5. The van der Waals surface area contributed by atoms with Gasteiger partial charge in [-0.25, -0.2) is 0 Å². The Labute approximate surface area is 228 Å². The van der Waals surface area contributed by atoms with E-state index in [1.54, 1.807) is 6.07 Å². The van der Waals surface area contributed by atoms with Gasteiger partial charge in [0.05, 0.1) is 21.9 Å². The molecule has 0 aromatic heterocycles. The monoisotopic (exact) mass is 541 g/mol. The van der Waals surface area contributed by atoms with Crippen molar-refractivity contribution in [3.05, 3.63) is 58.1 Å². The molecule has 0 bridgehead atoms. The molecule has 2 aromatic rings. The van der Waals surface area contributed by atoms with Crippen LogP contribution in [0.1, 0.15) is 80.4 Å². The third-order valence-corrected chi connectivity index (χ3v) is 12.2. The number of hydrogen-bond acceptors (Lipinski definition) is 4. The van der Waals surface area contributed by atoms with E-state index in [2.05, 4.69) is 42.2 Å². The van der Waals surface area contributed by atoms with Crippen LogP contribution in [0.3, 0.4) is 0 Å². The highest BCUT2D eigenvalue weighted by Gasteiger charge is 2.57. The Hall–Kier alpha value is -1.40. The zero-order valence-corrected chi connectivity index (χ0v) is 23.4. The van der Waals surface area contributed by atoms with Crippen molar-refractivity contribution >= 4 is 22.4 Å². The zero-order valence-electron chi connectivity index (χ0n) is 21.9. The summed E-state index contributed by atoms with van der Waals surface area (Å²) in [7, 11) is -0.993. The summed E-state index contributed by atoms with van der Waals surface area (Å²) in [5.41, 5.74) is 3.56. The first kappa shape index (κ1) is 25.9. The van der Waals surface area contributed by atoms with Gasteiger partial charge in [-0.1, -0.05) is 43.1 Å². The molecule has 1 saturated heterocycles. The van der Waals surface area contributed by atoms with E-state index in [0.717, 1.165) is 62.2 Å². The molecule has 3 fully saturated rings. The van der Waals surface area contributed by atoms with Crippen molar-refractivity contribution in [1.82, 2.24) is 4.90 Å². The maximum atomic E-state index is 13.1. The van der Waals surface area contributed by atoms with E-state index in [0.29, 0.717) is 28.5 Å². The number of nitrogens with zero attached hydrogens (tertiary/aromatic N) is 1. The molecule has 4 nitrogen and oxygen atoms in total. The fraction of sp³-hybridized carbons (Fsp3) is 0.613. The molecule has 1 heterocycles. The lowest BCUT2D eigenvalue weighted by atomic mass is 9.51. The van der Waals surface area contributed by atoms with E-state index in [-0.39, 0.29) is 23.2 Å². The van der Waals surface area contributed by atoms with Gasteiger partial charge in [0.15, 0.2) is 0 Å². The highest BCUT2D eigenvalue weighted by Crippen LogP contribution is 2.65. The molecule has 7 atom stereocenters. The van der Waals surface area contributed by atoms with Gasteiger partial charge in [-0.2, -0.15) is 0 Å². The molecule has 3 aliphatic carbocycles. The van der Waals surface area contributed by atoms with Crippen molar-refractivity contribution in [2.75, 3.05) is 25.4 Å². The van der Waals surface area contributed by atoms with Gasteiger partial charge < -0.3 is 15.1 Å². The van der Waals surface area contributed by atoms with E-state index in [4.69, 9.17) is 11.6 Å². The van der Waals surface area contributed by atoms with Crippen LogP contribution in [0, 0.1) is 17.3 Å². The Morgan fingerprint density at radius 2 is 1.81 bits per heavy atom. The normalized spacial score (nSPS) is 34.4. The van der Waals surface area contributed by atoms with Crippen LogP contribution >= 0.6 is 11.6 Å². The van der Waals surface area contributed by atoms with Crippen LogP contribution in [0.2, 0.25) is 5.02 Å². The maximum absolute atomic E-state index is 13.1. The molecule has 0 spiro atoms. The molecule has 37 heavy (non-hydrogen) atoms. The first-order valence-corrected chi connectivity index (χ1v) is 16.0. The largest absolute Gasteiger partial charge is 0.506 e. The van der Waals surface area contributed by atoms with Crippen molar-refractivity contribution in [2.24, 2.45) is 17.3 Å². The van der Waals surface area contributed by atoms with Crippen molar-refractivity contribution in [3.8, 4) is 5.75 Å². The lowest BCUT2D eigenvalue weighted by Crippen LogP contribution is -2.47. The van der Waals surface area contributed by atoms with Crippen LogP contribution in [-0.4, -0.2) is 50.8 Å². The molecule has 0 amide bonds. The Morgan fingerprint density at radius 3 is 2.57 bits per heavy atom. The minimum atomic E-state index is -0.993. The number of aromatic hydroxyl groups is 1. The molecule has 4 aliphatic rings. The van der Waals surface area contributed by atoms with Gasteiger partial charge in [-0.05, 0) is 122 Å². The number of benzene rings is 2. The predicted octanol–water partition coefficient (Wildman–Crippen LogP) is 6.25. The van der Waals surface area contributed by atoms with Gasteiger partial charge in [-0.3, -0.25) is 4.21 Å². The molecule has 2 aromatic carbocycles. The van der Waals surface area contributed by atoms with Crippen molar-refractivity contribution < 1.29 is 14.4 Å². The molecular weight excluding hydrogens is 502 g/mol. The number of piperidine rings is 1. The molecule has 2 saturated carbocycles. The molecule has 200 valence electrons. The van der Waals surface area contributed by atoms with Crippen molar-refractivity contribution in [3.63, 3.8) is 0 Å². The second-order valence-corrected chi connectivity index (χ2v) is 14.2. The predicted molar refractivity (Wildman–Crippen MR) is 150 cm³/mol. The number of phenolic OH excluding ortho intramolecular Hbond substituents is 1. The zero-order chi connectivity index (χ0) is 25.7. The fourth-order valence-electron chi connectivity index (χ4n) is 8.42. The second kappa shape index (κ2) is 10.3. The summed E-state index contributed by atoms with van der Waals surface area (Å²) in [6, 6.07) is 12.4. The van der Waals surface area contributed by atoms with Crippen molar-refractivity contribution in [1.29, 1.82) is 0 Å². The van der Waals surface area contributed by atoms with Crippen LogP contribution in [0.4, 0.5) is 0 Å². The Kier molecular flexibility index (Phi) is 7.19. The van der Waals surface area contributed by atoms with Gasteiger partial charge in [0, 0.05) is 17.2 Å². The standard InChI is InChI=1S/C31H40ClNO3S/c1-31-19-25(20-5-7-21(8-6-20)37(36)18-17-33-15-3-2-4-16-33)29-22-11-13-27(34)30(32)23(22)9-10-24(29)26(31)12-14-28(31)35/h5-8,11,13,24-26,28-29,34-35H,2-4,9-10,12,14-19H2,1H3/t24-,25+,26-,28-,29+,31-,37?/m0/s1. The van der Waals surface area contributed by atoms with Gasteiger partial charge in [0.2, 0.25) is 0 Å². The van der Waals surface area contributed by atoms with Gasteiger partial charge in [0.1, 0.15) is 5.75 Å². The summed E-state index contributed by atoms with van der Waals surface area (Å²) in [4.78, 5) is 3.36. The van der Waals surface area contributed by atoms with E-state index in [1.807, 2.05) is 0 Å². The average Bonchev–Trinajstić information content (AvgIpc) is 3.23. The molecule has 0 radical (unpaired) electrons. The fourth-order valence-corrected chi connectivity index (χ4v) is 9.78. The third-order valence-electron chi connectivity index (χ3n) is 10.4. The molecule has 1 aliphatic heterocycles. The number of aliphatic hydroxyl groups is 1. The SMILES string of the molecule is C[C@]12C[C@H](c3ccc(S(=O)CCN4CCCCC4)cc3)[C@@H]3c4ccc(O)c(Cl)c4CC[C@H]3[C@@H]1CC[C@@H]2O. The van der Waals surface area contributed by atoms with E-state index >= 15 is 0 Å². The second-order valence-electron chi connectivity index (χ2n) is 12.2. The first-order valence-electron chi connectivity index (χ1n) is 14.3. The lowest BCUT2D eigenvalue weighted by molar-refractivity contribution is -0.0322. The minimum Gasteiger partial charge on any atom is -0.506 e. The van der Waals surface area contributed by atoms with Crippen LogP contribution in [0.15, 0.2) is 41.3 Å². The van der Waals surface area contributed by atoms with Gasteiger partial charge in [-0.15, -0.1) is 0 Å². The van der Waals surface area contributed by atoms with Crippen LogP contribution in [0.25, 0.3) is 0 Å². The molecule has 2 N–H and O–H groups in total. The number of rotatable bonds is 5. The summed E-state index contributed by atoms with van der Waals surface area (Å²) >= 11 is 6.61. The van der Waals surface area contributed by atoms with E-state index in [9.17, 15) is 14.4 Å². The highest BCUT2D eigenvalue weighted by atomic mass is 35.5. The molecule has 1 unspecified atom stereocenters. The minimum absolute atomic E-state index is 0.0833. The quantitative estimate of drug-likeness (QED) is 0.469. The molecule has 6 heteroatoms. The van der Waals surface area contributed by atoms with Crippen molar-refractivity contribution in [2.45, 2.75) is 81.1 Å². The number of likely N-dealkylation sites (tertiary alicyclic amines) is 1. The topological polar surface area (TPSA) is 60.8 Å². The van der Waals surface area contributed by atoms with E-state index in [1.165, 1.54) is 30.4 Å². The van der Waals surface area contributed by atoms with Crippen LogP contribution in [0.5, 0.6) is 5.75 Å². The summed E-state index contributed by atoms with van der Waals surface area (Å²) in [6.07, 6.45) is 8.41. The van der Waals surface area contributed by atoms with Crippen LogP contribution < -0.4 is 0 Å². The number of hydrogen-bond donors (Lipinski definition) is 2. The number of halogens is 1. The smallest absolute Gasteiger partial charge is 0.134 e. The lowest BCUT2D eigenvalue weighted by Gasteiger charge is -2.54. The molecule has 6 rings (SSSR count). The summed E-state index contributed by atoms with van der Waals surface area (Å²) in [6.45, 7) is 5.48. The Morgan fingerprint density at radius 1 is 1.05 bits per heavy atom. The van der Waals surface area contributed by atoms with Gasteiger partial charge in [0.25, 0.3) is 0 Å². The van der Waals surface area contributed by atoms with E-state index < -0.39 is 10.8 Å². The maximum Gasteiger partial charge on any atom is 0.134 e. The summed E-state index contributed by atoms with van der Waals surface area (Å²) < 4.78 is 13.1. The Bertz CT molecular complexity index is 1160. The highest BCUT2D eigenvalue weighted by molar-refractivity contribution is 7.85. The Balaban J connectivity index is 1.29. The van der Waals surface area contributed by atoms with Crippen LogP contribution in [-0.2, 0) is 17.2 Å². The average molecular weight is 542 g/mol. The van der Waals surface area contributed by atoms with Gasteiger partial charge >= 0.3 is 0 Å².